The molecule has 28 heavy (non-hydrogen) atoms. The SMILES string of the molecule is Cc1cc(Br)ccc1NC(=O)COC(=O)COc1cccc2c1OC(C)(C)C2. The quantitative estimate of drug-likeness (QED) is 0.676. The molecule has 0 fully saturated rings. The van der Waals surface area contributed by atoms with Gasteiger partial charge in [-0.25, -0.2) is 4.79 Å². The van der Waals surface area contributed by atoms with Gasteiger partial charge in [-0.3, -0.25) is 4.79 Å². The average Bonchev–Trinajstić information content (AvgIpc) is 2.95. The Morgan fingerprint density at radius 2 is 2.00 bits per heavy atom. The van der Waals surface area contributed by atoms with Crippen molar-refractivity contribution in [3.63, 3.8) is 0 Å². The number of amides is 1. The van der Waals surface area contributed by atoms with E-state index in [2.05, 4.69) is 21.2 Å². The molecule has 0 atom stereocenters. The highest BCUT2D eigenvalue weighted by Gasteiger charge is 2.32. The van der Waals surface area contributed by atoms with Crippen LogP contribution in [0.15, 0.2) is 40.9 Å². The molecule has 6 nitrogen and oxygen atoms in total. The topological polar surface area (TPSA) is 73.9 Å². The molecule has 1 amide bonds. The highest BCUT2D eigenvalue weighted by molar-refractivity contribution is 9.10. The van der Waals surface area contributed by atoms with Gasteiger partial charge in [0.05, 0.1) is 0 Å². The number of hydrogen-bond acceptors (Lipinski definition) is 5. The van der Waals surface area contributed by atoms with Crippen molar-refractivity contribution >= 4 is 33.5 Å². The standard InChI is InChI=1S/C21H22BrNO5/c1-13-9-15(22)7-8-16(13)23-18(24)11-27-19(25)12-26-17-6-4-5-14-10-21(2,3)28-20(14)17/h4-9H,10-12H2,1-3H3,(H,23,24). The van der Waals surface area contributed by atoms with E-state index in [1.165, 1.54) is 0 Å². The highest BCUT2D eigenvalue weighted by Crippen LogP contribution is 2.41. The normalized spacial score (nSPS) is 14.0. The van der Waals surface area contributed by atoms with E-state index in [1.54, 1.807) is 12.1 Å². The molecule has 7 heteroatoms. The van der Waals surface area contributed by atoms with Gasteiger partial charge in [0, 0.05) is 22.1 Å². The van der Waals surface area contributed by atoms with Crippen molar-refractivity contribution in [2.24, 2.45) is 0 Å². The van der Waals surface area contributed by atoms with E-state index < -0.39 is 11.9 Å². The molecule has 1 heterocycles. The summed E-state index contributed by atoms with van der Waals surface area (Å²) in [6.07, 6.45) is 0.777. The minimum absolute atomic E-state index is 0.300. The summed E-state index contributed by atoms with van der Waals surface area (Å²) in [5, 5.41) is 2.71. The van der Waals surface area contributed by atoms with Gasteiger partial charge in [-0.2, -0.15) is 0 Å². The molecular weight excluding hydrogens is 426 g/mol. The van der Waals surface area contributed by atoms with E-state index >= 15 is 0 Å². The number of carbonyl (C=O) groups excluding carboxylic acids is 2. The summed E-state index contributed by atoms with van der Waals surface area (Å²) in [5.41, 5.74) is 2.31. The second-order valence-electron chi connectivity index (χ2n) is 7.24. The lowest BCUT2D eigenvalue weighted by atomic mass is 10.0. The second kappa shape index (κ2) is 8.22. The Kier molecular flexibility index (Phi) is 5.93. The lowest BCUT2D eigenvalue weighted by molar-refractivity contribution is -0.149. The van der Waals surface area contributed by atoms with E-state index in [-0.39, 0.29) is 18.8 Å². The predicted octanol–water partition coefficient (Wildman–Crippen LogP) is 4.03. The molecule has 0 spiro atoms. The Morgan fingerprint density at radius 3 is 2.75 bits per heavy atom. The molecular formula is C21H22BrNO5. The number of esters is 1. The molecule has 0 saturated heterocycles. The first kappa shape index (κ1) is 20.2. The molecule has 3 rings (SSSR count). The Morgan fingerprint density at radius 1 is 1.21 bits per heavy atom. The van der Waals surface area contributed by atoms with Gasteiger partial charge < -0.3 is 19.5 Å². The largest absolute Gasteiger partial charge is 0.483 e. The van der Waals surface area contributed by atoms with Crippen LogP contribution in [0.4, 0.5) is 5.69 Å². The average molecular weight is 448 g/mol. The zero-order valence-corrected chi connectivity index (χ0v) is 17.6. The van der Waals surface area contributed by atoms with Crippen LogP contribution in [0.25, 0.3) is 0 Å². The highest BCUT2D eigenvalue weighted by atomic mass is 79.9. The van der Waals surface area contributed by atoms with E-state index in [0.29, 0.717) is 17.2 Å². The Labute approximate surface area is 172 Å². The summed E-state index contributed by atoms with van der Waals surface area (Å²) in [4.78, 5) is 23.9. The van der Waals surface area contributed by atoms with E-state index in [4.69, 9.17) is 14.2 Å². The summed E-state index contributed by atoms with van der Waals surface area (Å²) in [7, 11) is 0. The Balaban J connectivity index is 1.48. The molecule has 2 aromatic carbocycles. The maximum atomic E-state index is 12.0. The third kappa shape index (κ3) is 5.04. The minimum Gasteiger partial charge on any atom is -0.483 e. The van der Waals surface area contributed by atoms with E-state index in [1.807, 2.05) is 45.0 Å². The first-order valence-electron chi connectivity index (χ1n) is 8.89. The van der Waals surface area contributed by atoms with Gasteiger partial charge in [-0.05, 0) is 50.6 Å². The molecule has 148 valence electrons. The lowest BCUT2D eigenvalue weighted by Gasteiger charge is -2.18. The number of fused-ring (bicyclic) bond motifs is 1. The van der Waals surface area contributed by atoms with Crippen LogP contribution < -0.4 is 14.8 Å². The smallest absolute Gasteiger partial charge is 0.344 e. The summed E-state index contributed by atoms with van der Waals surface area (Å²) in [5.74, 6) is 0.112. The van der Waals surface area contributed by atoms with Crippen molar-refractivity contribution in [2.45, 2.75) is 32.8 Å². The number of benzene rings is 2. The van der Waals surface area contributed by atoms with Gasteiger partial charge in [0.15, 0.2) is 24.7 Å². The van der Waals surface area contributed by atoms with Crippen molar-refractivity contribution < 1.29 is 23.8 Å². The van der Waals surface area contributed by atoms with Gasteiger partial charge in [0.2, 0.25) is 0 Å². The molecule has 0 radical (unpaired) electrons. The van der Waals surface area contributed by atoms with Gasteiger partial charge >= 0.3 is 5.97 Å². The second-order valence-corrected chi connectivity index (χ2v) is 8.16. The number of aryl methyl sites for hydroxylation is 1. The van der Waals surface area contributed by atoms with Crippen LogP contribution in [0.2, 0.25) is 0 Å². The van der Waals surface area contributed by atoms with Gasteiger partial charge in [-0.15, -0.1) is 0 Å². The Bertz CT molecular complexity index is 910. The molecule has 0 aromatic heterocycles. The number of anilines is 1. The Hall–Kier alpha value is -2.54. The molecule has 2 aromatic rings. The van der Waals surface area contributed by atoms with Gasteiger partial charge in [0.1, 0.15) is 5.60 Å². The first-order chi connectivity index (χ1) is 13.2. The molecule has 1 aliphatic heterocycles. The van der Waals surface area contributed by atoms with E-state index in [0.717, 1.165) is 22.0 Å². The molecule has 1 aliphatic rings. The fourth-order valence-electron chi connectivity index (χ4n) is 2.98. The minimum atomic E-state index is -0.627. The van der Waals surface area contributed by atoms with Crippen LogP contribution in [0.3, 0.4) is 0 Å². The van der Waals surface area contributed by atoms with Gasteiger partial charge in [-0.1, -0.05) is 28.1 Å². The summed E-state index contributed by atoms with van der Waals surface area (Å²) >= 11 is 3.37. The number of para-hydroxylation sites is 1. The molecule has 1 N–H and O–H groups in total. The van der Waals surface area contributed by atoms with Crippen LogP contribution in [0, 0.1) is 6.92 Å². The van der Waals surface area contributed by atoms with Crippen LogP contribution in [-0.2, 0) is 20.7 Å². The summed E-state index contributed by atoms with van der Waals surface area (Å²) in [6, 6.07) is 11.1. The fraction of sp³-hybridized carbons (Fsp3) is 0.333. The third-order valence-corrected chi connectivity index (χ3v) is 4.72. The number of halogens is 1. The number of ether oxygens (including phenoxy) is 3. The maximum Gasteiger partial charge on any atom is 0.344 e. The van der Waals surface area contributed by atoms with Crippen LogP contribution in [0.1, 0.15) is 25.0 Å². The van der Waals surface area contributed by atoms with Crippen molar-refractivity contribution in [1.82, 2.24) is 0 Å². The van der Waals surface area contributed by atoms with Gasteiger partial charge in [0.25, 0.3) is 5.91 Å². The zero-order chi connectivity index (χ0) is 20.3. The molecule has 0 unspecified atom stereocenters. The van der Waals surface area contributed by atoms with Crippen molar-refractivity contribution in [3.8, 4) is 11.5 Å². The van der Waals surface area contributed by atoms with Crippen molar-refractivity contribution in [3.05, 3.63) is 52.0 Å². The monoisotopic (exact) mass is 447 g/mol. The van der Waals surface area contributed by atoms with Crippen LogP contribution in [-0.4, -0.2) is 30.7 Å². The molecule has 0 bridgehead atoms. The van der Waals surface area contributed by atoms with Crippen molar-refractivity contribution in [2.75, 3.05) is 18.5 Å². The number of rotatable bonds is 6. The molecule has 0 aliphatic carbocycles. The fourth-order valence-corrected chi connectivity index (χ4v) is 3.45. The molecule has 0 saturated carbocycles. The zero-order valence-electron chi connectivity index (χ0n) is 16.0. The van der Waals surface area contributed by atoms with E-state index in [9.17, 15) is 9.59 Å². The third-order valence-electron chi connectivity index (χ3n) is 4.23. The number of carbonyl (C=O) groups is 2. The lowest BCUT2D eigenvalue weighted by Crippen LogP contribution is -2.25. The van der Waals surface area contributed by atoms with Crippen LogP contribution in [0.5, 0.6) is 11.5 Å². The predicted molar refractivity (Wildman–Crippen MR) is 109 cm³/mol. The number of nitrogens with one attached hydrogen (secondary N) is 1. The maximum absolute atomic E-state index is 12.0. The van der Waals surface area contributed by atoms with Crippen LogP contribution >= 0.6 is 15.9 Å². The van der Waals surface area contributed by atoms with Crippen molar-refractivity contribution in [1.29, 1.82) is 0 Å². The first-order valence-corrected chi connectivity index (χ1v) is 9.68. The summed E-state index contributed by atoms with van der Waals surface area (Å²) in [6.45, 7) is 5.19. The number of hydrogen-bond donors (Lipinski definition) is 1. The summed E-state index contributed by atoms with van der Waals surface area (Å²) < 4.78 is 17.4.